The van der Waals surface area contributed by atoms with E-state index in [9.17, 15) is 0 Å². The summed E-state index contributed by atoms with van der Waals surface area (Å²) in [5, 5.41) is 8.71. The second-order valence-electron chi connectivity index (χ2n) is 15.0. The highest BCUT2D eigenvalue weighted by Gasteiger charge is 2.19. The number of aromatic nitrogens is 5. The number of fused-ring (bicyclic) bond motifs is 14. The van der Waals surface area contributed by atoms with Gasteiger partial charge in [0.2, 0.25) is 0 Å². The molecule has 0 aliphatic rings. The Labute approximate surface area is 335 Å². The van der Waals surface area contributed by atoms with Gasteiger partial charge in [-0.05, 0) is 82.6 Å². The van der Waals surface area contributed by atoms with Crippen molar-refractivity contribution in [3.05, 3.63) is 176 Å². The fourth-order valence-electron chi connectivity index (χ4n) is 8.83. The third-order valence-electron chi connectivity index (χ3n) is 11.6. The summed E-state index contributed by atoms with van der Waals surface area (Å²) in [6, 6.07) is 58.3. The third-order valence-corrected chi connectivity index (χ3v) is 11.6. The van der Waals surface area contributed by atoms with E-state index in [4.69, 9.17) is 28.8 Å². The van der Waals surface area contributed by atoms with Gasteiger partial charge in [0, 0.05) is 55.2 Å². The minimum atomic E-state index is 0.596. The van der Waals surface area contributed by atoms with Crippen LogP contribution in [-0.2, 0) is 0 Å². The fourth-order valence-corrected chi connectivity index (χ4v) is 8.83. The van der Waals surface area contributed by atoms with E-state index in [0.717, 1.165) is 110 Å². The first-order valence-electron chi connectivity index (χ1n) is 19.6. The summed E-state index contributed by atoms with van der Waals surface area (Å²) in [5.74, 6) is 1.81. The molecule has 5 heterocycles. The second-order valence-corrected chi connectivity index (χ2v) is 15.0. The van der Waals surface area contributed by atoms with Crippen LogP contribution in [0.1, 0.15) is 0 Å². The summed E-state index contributed by atoms with van der Waals surface area (Å²) in [6.07, 6.45) is 2.14. The molecule has 0 aliphatic heterocycles. The topological polar surface area (TPSA) is 82.2 Å². The van der Waals surface area contributed by atoms with Gasteiger partial charge in [-0.3, -0.25) is 4.40 Å². The predicted molar refractivity (Wildman–Crippen MR) is 237 cm³/mol. The van der Waals surface area contributed by atoms with Crippen molar-refractivity contribution in [3.8, 4) is 45.3 Å². The molecule has 0 bridgehead atoms. The molecule has 0 N–H and O–H groups in total. The maximum Gasteiger partial charge on any atom is 0.164 e. The molecule has 0 aliphatic carbocycles. The predicted octanol–water partition coefficient (Wildman–Crippen LogP) is 13.4. The Morgan fingerprint density at radius 2 is 0.831 bits per heavy atom. The Morgan fingerprint density at radius 1 is 0.322 bits per heavy atom. The van der Waals surface area contributed by atoms with Gasteiger partial charge in [-0.15, -0.1) is 0 Å². The first-order chi connectivity index (χ1) is 29.2. The Kier molecular flexibility index (Phi) is 6.60. The summed E-state index contributed by atoms with van der Waals surface area (Å²) in [7, 11) is 0. The highest BCUT2D eigenvalue weighted by Crippen LogP contribution is 2.39. The zero-order valence-electron chi connectivity index (χ0n) is 31.3. The molecule has 7 nitrogen and oxygen atoms in total. The van der Waals surface area contributed by atoms with Crippen LogP contribution in [0.4, 0.5) is 0 Å². The molecule has 0 saturated carbocycles. The van der Waals surface area contributed by atoms with Crippen molar-refractivity contribution in [2.24, 2.45) is 0 Å². The van der Waals surface area contributed by atoms with E-state index in [-0.39, 0.29) is 0 Å². The van der Waals surface area contributed by atoms with Gasteiger partial charge in [0.25, 0.3) is 0 Å². The largest absolute Gasteiger partial charge is 0.456 e. The lowest BCUT2D eigenvalue weighted by Gasteiger charge is -2.11. The van der Waals surface area contributed by atoms with Crippen LogP contribution in [0.25, 0.3) is 127 Å². The number of imidazole rings is 1. The number of para-hydroxylation sites is 2. The van der Waals surface area contributed by atoms with Crippen molar-refractivity contribution in [1.29, 1.82) is 0 Å². The molecular weight excluding hydrogens is 727 g/mol. The molecule has 0 atom stereocenters. The standard InChI is InChI=1S/C52H29N5O2/c1-2-10-30(11-3-1)50-54-51(56-52(55-50)34-20-23-46-42(28-34)37-14-7-9-17-44(37)59-46)33-18-21-39-40(27-33)35-12-4-5-15-38(35)48-49(39)57-25-24-32(29-47(57)53-48)31-19-22-45-41(26-31)36-13-6-8-16-43(36)58-45/h1-29H. The Bertz CT molecular complexity index is 3860. The lowest BCUT2D eigenvalue weighted by Crippen LogP contribution is -2.00. The van der Waals surface area contributed by atoms with E-state index >= 15 is 0 Å². The van der Waals surface area contributed by atoms with Crippen LogP contribution in [0.5, 0.6) is 0 Å². The second kappa shape index (κ2) is 12.2. The third kappa shape index (κ3) is 4.88. The van der Waals surface area contributed by atoms with Crippen LogP contribution in [0.2, 0.25) is 0 Å². The van der Waals surface area contributed by atoms with Gasteiger partial charge in [-0.1, -0.05) is 109 Å². The summed E-state index contributed by atoms with van der Waals surface area (Å²) in [4.78, 5) is 20.6. The SMILES string of the molecule is c1ccc(-c2nc(-c3ccc4oc5ccccc5c4c3)nc(-c3ccc4c(c3)c3ccccc3c3nc5cc(-c6ccc7oc8ccccc8c7c6)ccn5c43)n2)cc1. The summed E-state index contributed by atoms with van der Waals surface area (Å²) in [5.41, 5.74) is 11.3. The number of pyridine rings is 1. The molecule has 0 radical (unpaired) electrons. The normalized spacial score (nSPS) is 12.1. The number of hydrogen-bond donors (Lipinski definition) is 0. The van der Waals surface area contributed by atoms with Gasteiger partial charge in [-0.25, -0.2) is 19.9 Å². The summed E-state index contributed by atoms with van der Waals surface area (Å²) < 4.78 is 14.5. The van der Waals surface area contributed by atoms with Crippen LogP contribution in [0, 0.1) is 0 Å². The molecule has 0 amide bonds. The summed E-state index contributed by atoms with van der Waals surface area (Å²) in [6.45, 7) is 0. The first kappa shape index (κ1) is 32.0. The molecule has 0 spiro atoms. The van der Waals surface area contributed by atoms with Crippen LogP contribution in [-0.4, -0.2) is 24.3 Å². The first-order valence-corrected chi connectivity index (χ1v) is 19.6. The van der Waals surface area contributed by atoms with E-state index in [1.54, 1.807) is 0 Å². The minimum absolute atomic E-state index is 0.596. The number of rotatable bonds is 4. The van der Waals surface area contributed by atoms with E-state index in [2.05, 4.69) is 108 Å². The zero-order valence-corrected chi connectivity index (χ0v) is 31.3. The molecule has 274 valence electrons. The lowest BCUT2D eigenvalue weighted by molar-refractivity contribution is 0.668. The molecule has 0 saturated heterocycles. The average Bonchev–Trinajstić information content (AvgIpc) is 4.00. The van der Waals surface area contributed by atoms with Crippen LogP contribution < -0.4 is 0 Å². The number of furan rings is 2. The van der Waals surface area contributed by atoms with Gasteiger partial charge >= 0.3 is 0 Å². The minimum Gasteiger partial charge on any atom is -0.456 e. The molecule has 7 heteroatoms. The van der Waals surface area contributed by atoms with Crippen molar-refractivity contribution in [1.82, 2.24) is 24.3 Å². The van der Waals surface area contributed by atoms with Crippen molar-refractivity contribution >= 4 is 82.1 Å². The Balaban J connectivity index is 0.989. The van der Waals surface area contributed by atoms with Crippen LogP contribution in [0.15, 0.2) is 185 Å². The van der Waals surface area contributed by atoms with Crippen molar-refractivity contribution in [2.75, 3.05) is 0 Å². The molecule has 59 heavy (non-hydrogen) atoms. The van der Waals surface area contributed by atoms with Gasteiger partial charge in [-0.2, -0.15) is 0 Å². The van der Waals surface area contributed by atoms with E-state index in [0.29, 0.717) is 17.5 Å². The quantitative estimate of drug-likeness (QED) is 0.166. The highest BCUT2D eigenvalue weighted by molar-refractivity contribution is 6.24. The molecular formula is C52H29N5O2. The lowest BCUT2D eigenvalue weighted by atomic mass is 9.98. The zero-order chi connectivity index (χ0) is 38.6. The molecule has 5 aromatic heterocycles. The van der Waals surface area contributed by atoms with E-state index in [1.807, 2.05) is 72.8 Å². The molecule has 0 unspecified atom stereocenters. The smallest absolute Gasteiger partial charge is 0.164 e. The highest BCUT2D eigenvalue weighted by atomic mass is 16.3. The average molecular weight is 756 g/mol. The maximum atomic E-state index is 6.14. The Morgan fingerprint density at radius 3 is 1.53 bits per heavy atom. The maximum absolute atomic E-state index is 6.14. The van der Waals surface area contributed by atoms with E-state index in [1.165, 1.54) is 0 Å². The molecule has 13 aromatic rings. The molecule has 13 rings (SSSR count). The number of benzene rings is 8. The van der Waals surface area contributed by atoms with Gasteiger partial charge in [0.05, 0.1) is 11.0 Å². The van der Waals surface area contributed by atoms with Crippen molar-refractivity contribution < 1.29 is 8.83 Å². The van der Waals surface area contributed by atoms with Crippen LogP contribution >= 0.6 is 0 Å². The monoisotopic (exact) mass is 755 g/mol. The van der Waals surface area contributed by atoms with Crippen LogP contribution in [0.3, 0.4) is 0 Å². The van der Waals surface area contributed by atoms with E-state index < -0.39 is 0 Å². The molecule has 8 aromatic carbocycles. The summed E-state index contributed by atoms with van der Waals surface area (Å²) >= 11 is 0. The van der Waals surface area contributed by atoms with Crippen molar-refractivity contribution in [2.45, 2.75) is 0 Å². The van der Waals surface area contributed by atoms with Gasteiger partial charge in [0.1, 0.15) is 28.0 Å². The van der Waals surface area contributed by atoms with Gasteiger partial charge < -0.3 is 8.83 Å². The number of hydrogen-bond acceptors (Lipinski definition) is 6. The molecule has 0 fully saturated rings. The van der Waals surface area contributed by atoms with Gasteiger partial charge in [0.15, 0.2) is 17.5 Å². The fraction of sp³-hybridized carbons (Fsp3) is 0. The van der Waals surface area contributed by atoms with Crippen molar-refractivity contribution in [3.63, 3.8) is 0 Å². The number of nitrogens with zero attached hydrogens (tertiary/aromatic N) is 5. The Hall–Kier alpha value is -8.16.